The van der Waals surface area contributed by atoms with Gasteiger partial charge in [-0.2, -0.15) is 0 Å². The van der Waals surface area contributed by atoms with Crippen molar-refractivity contribution >= 4 is 17.5 Å². The zero-order valence-corrected chi connectivity index (χ0v) is 10.8. The number of carbonyl (C=O) groups is 1. The summed E-state index contributed by atoms with van der Waals surface area (Å²) in [6.45, 7) is 1.81. The first-order valence-corrected chi connectivity index (χ1v) is 6.38. The summed E-state index contributed by atoms with van der Waals surface area (Å²) >= 11 is 5.84. The Morgan fingerprint density at radius 1 is 1.71 bits per heavy atom. The Morgan fingerprint density at radius 3 is 3.12 bits per heavy atom. The Labute approximate surface area is 106 Å². The van der Waals surface area contributed by atoms with Crippen LogP contribution < -0.4 is 10.6 Å². The van der Waals surface area contributed by atoms with Crippen molar-refractivity contribution in [2.75, 3.05) is 13.1 Å². The van der Waals surface area contributed by atoms with Crippen LogP contribution in [0.5, 0.6) is 0 Å². The van der Waals surface area contributed by atoms with Gasteiger partial charge in [-0.25, -0.2) is 0 Å². The molecule has 2 heterocycles. The summed E-state index contributed by atoms with van der Waals surface area (Å²) in [5.74, 6) is -0.0580. The molecular weight excluding hydrogens is 238 g/mol. The first kappa shape index (κ1) is 12.5. The molecule has 1 aromatic rings. The van der Waals surface area contributed by atoms with Crippen LogP contribution in [0, 0.1) is 0 Å². The topological polar surface area (TPSA) is 46.1 Å². The molecule has 1 unspecified atom stereocenters. The fourth-order valence-electron chi connectivity index (χ4n) is 2.20. The molecule has 0 bridgehead atoms. The third-order valence-electron chi connectivity index (χ3n) is 3.14. The lowest BCUT2D eigenvalue weighted by molar-refractivity contribution is 0.0944. The number of carbonyl (C=O) groups excluding carboxylic acids is 1. The van der Waals surface area contributed by atoms with Crippen LogP contribution in [-0.2, 0) is 7.05 Å². The van der Waals surface area contributed by atoms with Gasteiger partial charge < -0.3 is 15.2 Å². The molecule has 1 amide bonds. The first-order valence-electron chi connectivity index (χ1n) is 6.00. The van der Waals surface area contributed by atoms with Gasteiger partial charge in [-0.15, -0.1) is 0 Å². The predicted molar refractivity (Wildman–Crippen MR) is 68.4 cm³/mol. The molecular formula is C12H18ClN3O. The minimum absolute atomic E-state index is 0.0580. The molecule has 4 nitrogen and oxygen atoms in total. The highest BCUT2D eigenvalue weighted by atomic mass is 35.5. The van der Waals surface area contributed by atoms with Crippen molar-refractivity contribution in [3.05, 3.63) is 23.0 Å². The second kappa shape index (κ2) is 5.56. The van der Waals surface area contributed by atoms with Gasteiger partial charge in [0.1, 0.15) is 5.69 Å². The molecule has 1 aliphatic rings. The van der Waals surface area contributed by atoms with E-state index >= 15 is 0 Å². The molecule has 1 aliphatic heterocycles. The summed E-state index contributed by atoms with van der Waals surface area (Å²) in [6, 6.07) is 2.25. The van der Waals surface area contributed by atoms with Crippen LogP contribution in [0.1, 0.15) is 29.8 Å². The van der Waals surface area contributed by atoms with E-state index in [4.69, 9.17) is 11.6 Å². The monoisotopic (exact) mass is 255 g/mol. The number of hydrogen-bond acceptors (Lipinski definition) is 2. The van der Waals surface area contributed by atoms with E-state index in [1.54, 1.807) is 16.8 Å². The van der Waals surface area contributed by atoms with Crippen LogP contribution in [0.3, 0.4) is 0 Å². The normalized spacial score (nSPS) is 19.5. The molecule has 0 radical (unpaired) electrons. The maximum atomic E-state index is 11.8. The van der Waals surface area contributed by atoms with Crippen molar-refractivity contribution in [2.45, 2.75) is 25.3 Å². The largest absolute Gasteiger partial charge is 0.351 e. The second-order valence-corrected chi connectivity index (χ2v) is 4.93. The van der Waals surface area contributed by atoms with E-state index < -0.39 is 0 Å². The summed E-state index contributed by atoms with van der Waals surface area (Å²) < 4.78 is 1.74. The molecule has 0 saturated carbocycles. The number of hydrogen-bond donors (Lipinski definition) is 2. The summed E-state index contributed by atoms with van der Waals surface area (Å²) in [7, 11) is 1.82. The molecule has 2 N–H and O–H groups in total. The summed E-state index contributed by atoms with van der Waals surface area (Å²) in [5.41, 5.74) is 0.606. The number of nitrogens with one attached hydrogen (secondary N) is 2. The molecule has 17 heavy (non-hydrogen) atoms. The van der Waals surface area contributed by atoms with Gasteiger partial charge in [0.15, 0.2) is 0 Å². The number of halogens is 1. The molecule has 0 aliphatic carbocycles. The quantitative estimate of drug-likeness (QED) is 0.858. The average molecular weight is 256 g/mol. The van der Waals surface area contributed by atoms with Crippen molar-refractivity contribution in [1.82, 2.24) is 15.2 Å². The minimum Gasteiger partial charge on any atom is -0.351 e. The van der Waals surface area contributed by atoms with Crippen LogP contribution in [-0.4, -0.2) is 29.6 Å². The van der Waals surface area contributed by atoms with Gasteiger partial charge in [0.25, 0.3) is 5.91 Å². The Kier molecular flexibility index (Phi) is 4.07. The number of rotatable bonds is 4. The molecule has 94 valence electrons. The Balaban J connectivity index is 1.78. The summed E-state index contributed by atoms with van der Waals surface area (Å²) in [5, 5.41) is 6.92. The summed E-state index contributed by atoms with van der Waals surface area (Å²) in [6.07, 6.45) is 5.18. The Bertz CT molecular complexity index is 396. The van der Waals surface area contributed by atoms with Gasteiger partial charge in [-0.1, -0.05) is 11.6 Å². The molecule has 5 heteroatoms. The highest BCUT2D eigenvalue weighted by molar-refractivity contribution is 6.31. The number of nitrogens with zero attached hydrogens (tertiary/aromatic N) is 1. The SMILES string of the molecule is Cn1cc(Cl)cc1C(=O)NCCC1CCCN1. The smallest absolute Gasteiger partial charge is 0.267 e. The zero-order chi connectivity index (χ0) is 12.3. The standard InChI is InChI=1S/C12H18ClN3O/c1-16-8-9(13)7-11(16)12(17)15-6-4-10-3-2-5-14-10/h7-8,10,14H,2-6H2,1H3,(H,15,17). The van der Waals surface area contributed by atoms with E-state index in [-0.39, 0.29) is 5.91 Å². The molecule has 1 fully saturated rings. The van der Waals surface area contributed by atoms with Gasteiger partial charge in [-0.05, 0) is 31.9 Å². The fourth-order valence-corrected chi connectivity index (χ4v) is 2.45. The van der Waals surface area contributed by atoms with Crippen molar-refractivity contribution in [3.63, 3.8) is 0 Å². The maximum Gasteiger partial charge on any atom is 0.267 e. The first-order chi connectivity index (χ1) is 8.16. The van der Waals surface area contributed by atoms with Crippen LogP contribution in [0.2, 0.25) is 5.02 Å². The second-order valence-electron chi connectivity index (χ2n) is 4.49. The van der Waals surface area contributed by atoms with Gasteiger partial charge in [0, 0.05) is 25.8 Å². The van der Waals surface area contributed by atoms with Gasteiger partial charge in [0.05, 0.1) is 5.02 Å². The van der Waals surface area contributed by atoms with Crippen LogP contribution in [0.25, 0.3) is 0 Å². The number of amides is 1. The third kappa shape index (κ3) is 3.23. The summed E-state index contributed by atoms with van der Waals surface area (Å²) in [4.78, 5) is 11.8. The van der Waals surface area contributed by atoms with Crippen molar-refractivity contribution in [2.24, 2.45) is 7.05 Å². The molecule has 1 aromatic heterocycles. The molecule has 0 aromatic carbocycles. The molecule has 2 rings (SSSR count). The van der Waals surface area contributed by atoms with Gasteiger partial charge >= 0.3 is 0 Å². The lowest BCUT2D eigenvalue weighted by Gasteiger charge is -2.10. The van der Waals surface area contributed by atoms with Crippen molar-refractivity contribution < 1.29 is 4.79 Å². The van der Waals surface area contributed by atoms with E-state index in [0.717, 1.165) is 13.0 Å². The molecule has 0 spiro atoms. The molecule has 1 atom stereocenters. The highest BCUT2D eigenvalue weighted by Crippen LogP contribution is 2.12. The van der Waals surface area contributed by atoms with Crippen molar-refractivity contribution in [3.8, 4) is 0 Å². The lowest BCUT2D eigenvalue weighted by atomic mass is 10.1. The third-order valence-corrected chi connectivity index (χ3v) is 3.35. The number of aromatic nitrogens is 1. The fraction of sp³-hybridized carbons (Fsp3) is 0.583. The van der Waals surface area contributed by atoms with Crippen LogP contribution in [0.15, 0.2) is 12.3 Å². The molecule has 1 saturated heterocycles. The van der Waals surface area contributed by atoms with Crippen LogP contribution in [0.4, 0.5) is 0 Å². The van der Waals surface area contributed by atoms with E-state index in [1.165, 1.54) is 12.8 Å². The van der Waals surface area contributed by atoms with E-state index in [0.29, 0.717) is 23.3 Å². The minimum atomic E-state index is -0.0580. The average Bonchev–Trinajstić information content (AvgIpc) is 2.88. The Morgan fingerprint density at radius 2 is 2.53 bits per heavy atom. The van der Waals surface area contributed by atoms with E-state index in [9.17, 15) is 4.79 Å². The predicted octanol–water partition coefficient (Wildman–Crippen LogP) is 1.55. The van der Waals surface area contributed by atoms with Crippen LogP contribution >= 0.6 is 11.6 Å². The maximum absolute atomic E-state index is 11.8. The lowest BCUT2D eigenvalue weighted by Crippen LogP contribution is -2.31. The Hall–Kier alpha value is -1.00. The van der Waals surface area contributed by atoms with Gasteiger partial charge in [0.2, 0.25) is 0 Å². The number of aryl methyl sites for hydroxylation is 1. The highest BCUT2D eigenvalue weighted by Gasteiger charge is 2.15. The van der Waals surface area contributed by atoms with Gasteiger partial charge in [-0.3, -0.25) is 4.79 Å². The van der Waals surface area contributed by atoms with Crippen molar-refractivity contribution in [1.29, 1.82) is 0 Å². The van der Waals surface area contributed by atoms with E-state index in [2.05, 4.69) is 10.6 Å². The van der Waals surface area contributed by atoms with E-state index in [1.807, 2.05) is 7.05 Å². The zero-order valence-electron chi connectivity index (χ0n) is 10.0.